The molecule has 1 amide bonds. The lowest BCUT2D eigenvalue weighted by Crippen LogP contribution is -2.34. The predicted molar refractivity (Wildman–Crippen MR) is 106 cm³/mol. The Balaban J connectivity index is 1.56. The summed E-state index contributed by atoms with van der Waals surface area (Å²) in [6, 6.07) is 16.1. The van der Waals surface area contributed by atoms with Crippen molar-refractivity contribution in [1.82, 2.24) is 9.88 Å². The summed E-state index contributed by atoms with van der Waals surface area (Å²) in [7, 11) is 0. The van der Waals surface area contributed by atoms with E-state index < -0.39 is 0 Å². The molecular weight excluding hydrogens is 411 g/mol. The molecular formula is C20H17IN2O. The second kappa shape index (κ2) is 6.43. The number of aromatic amines is 1. The summed E-state index contributed by atoms with van der Waals surface area (Å²) in [5, 5.41) is 1.25. The normalized spacial score (nSPS) is 14.7. The third-order valence-electron chi connectivity index (χ3n) is 4.50. The molecule has 0 radical (unpaired) electrons. The third kappa shape index (κ3) is 2.86. The van der Waals surface area contributed by atoms with Crippen LogP contribution in [0.4, 0.5) is 0 Å². The van der Waals surface area contributed by atoms with E-state index in [2.05, 4.69) is 58.0 Å². The summed E-state index contributed by atoms with van der Waals surface area (Å²) in [5.41, 5.74) is 4.50. The van der Waals surface area contributed by atoms with Crippen LogP contribution in [0.25, 0.3) is 16.5 Å². The van der Waals surface area contributed by atoms with Gasteiger partial charge < -0.3 is 9.88 Å². The number of rotatable bonds is 2. The smallest absolute Gasteiger partial charge is 0.254 e. The Kier molecular flexibility index (Phi) is 4.14. The number of amides is 1. The Morgan fingerprint density at radius 1 is 1.12 bits per heavy atom. The van der Waals surface area contributed by atoms with Gasteiger partial charge in [0.15, 0.2) is 0 Å². The van der Waals surface area contributed by atoms with Gasteiger partial charge in [-0.05, 0) is 58.9 Å². The number of benzene rings is 2. The van der Waals surface area contributed by atoms with Gasteiger partial charge in [0.2, 0.25) is 0 Å². The molecule has 0 saturated heterocycles. The number of halogens is 1. The van der Waals surface area contributed by atoms with Crippen molar-refractivity contribution < 1.29 is 4.79 Å². The lowest BCUT2D eigenvalue weighted by Gasteiger charge is -2.26. The molecule has 0 atom stereocenters. The van der Waals surface area contributed by atoms with Crippen molar-refractivity contribution in [1.29, 1.82) is 0 Å². The van der Waals surface area contributed by atoms with Crippen LogP contribution < -0.4 is 0 Å². The first-order valence-corrected chi connectivity index (χ1v) is 9.10. The highest BCUT2D eigenvalue weighted by atomic mass is 127. The first-order valence-electron chi connectivity index (χ1n) is 8.03. The fraction of sp³-hybridized carbons (Fsp3) is 0.150. The van der Waals surface area contributed by atoms with E-state index in [0.29, 0.717) is 6.54 Å². The quantitative estimate of drug-likeness (QED) is 0.591. The summed E-state index contributed by atoms with van der Waals surface area (Å²) in [5.74, 6) is 0.114. The second-order valence-corrected chi connectivity index (χ2v) is 7.23. The van der Waals surface area contributed by atoms with Gasteiger partial charge >= 0.3 is 0 Å². The van der Waals surface area contributed by atoms with Gasteiger partial charge in [-0.3, -0.25) is 4.79 Å². The average molecular weight is 428 g/mol. The van der Waals surface area contributed by atoms with Crippen LogP contribution in [0.1, 0.15) is 22.3 Å². The Bertz CT molecular complexity index is 941. The molecule has 1 N–H and O–H groups in total. The highest BCUT2D eigenvalue weighted by molar-refractivity contribution is 14.1. The van der Waals surface area contributed by atoms with Crippen molar-refractivity contribution in [3.05, 3.63) is 75.5 Å². The zero-order chi connectivity index (χ0) is 16.5. The van der Waals surface area contributed by atoms with Gasteiger partial charge in [-0.25, -0.2) is 0 Å². The maximum atomic E-state index is 12.6. The Labute approximate surface area is 154 Å². The van der Waals surface area contributed by atoms with Gasteiger partial charge in [-0.15, -0.1) is 0 Å². The van der Waals surface area contributed by atoms with Crippen LogP contribution in [0.2, 0.25) is 0 Å². The number of nitrogens with one attached hydrogen (secondary N) is 1. The first-order chi connectivity index (χ1) is 11.7. The molecule has 4 heteroatoms. The lowest BCUT2D eigenvalue weighted by atomic mass is 9.98. The lowest BCUT2D eigenvalue weighted by molar-refractivity contribution is 0.0773. The molecule has 24 heavy (non-hydrogen) atoms. The summed E-state index contributed by atoms with van der Waals surface area (Å²) in [4.78, 5) is 17.9. The fourth-order valence-corrected chi connectivity index (χ4v) is 3.78. The molecule has 2 aromatic carbocycles. The van der Waals surface area contributed by atoms with Crippen molar-refractivity contribution in [3.63, 3.8) is 0 Å². The third-order valence-corrected chi connectivity index (χ3v) is 5.17. The van der Waals surface area contributed by atoms with Crippen molar-refractivity contribution in [3.8, 4) is 0 Å². The number of H-pyrrole nitrogens is 1. The standard InChI is InChI=1S/C20H17IN2O/c21-16-5-3-4-15(12-16)20(24)23-10-8-14(9-11-23)18-13-22-19-7-2-1-6-17(18)19/h1-8,12-13,22H,9-11H2. The number of para-hydroxylation sites is 1. The Hall–Kier alpha value is -2.08. The van der Waals surface area contributed by atoms with Gasteiger partial charge in [0, 0.05) is 44.9 Å². The number of carbonyl (C=O) groups is 1. The predicted octanol–water partition coefficient (Wildman–Crippen LogP) is 4.70. The van der Waals surface area contributed by atoms with E-state index >= 15 is 0 Å². The molecule has 0 unspecified atom stereocenters. The van der Waals surface area contributed by atoms with Gasteiger partial charge in [0.05, 0.1) is 0 Å². The minimum atomic E-state index is 0.114. The van der Waals surface area contributed by atoms with Crippen molar-refractivity contribution >= 4 is 45.0 Å². The second-order valence-electron chi connectivity index (χ2n) is 5.99. The number of hydrogen-bond acceptors (Lipinski definition) is 1. The molecule has 1 aliphatic rings. The molecule has 120 valence electrons. The molecule has 4 rings (SSSR count). The van der Waals surface area contributed by atoms with Crippen LogP contribution in [-0.2, 0) is 0 Å². The van der Waals surface area contributed by atoms with Crippen LogP contribution >= 0.6 is 22.6 Å². The summed E-state index contributed by atoms with van der Waals surface area (Å²) < 4.78 is 1.09. The number of aromatic nitrogens is 1. The van der Waals surface area contributed by atoms with E-state index in [0.717, 1.165) is 27.6 Å². The first kappa shape index (κ1) is 15.4. The molecule has 2 heterocycles. The van der Waals surface area contributed by atoms with Crippen LogP contribution in [0, 0.1) is 3.57 Å². The van der Waals surface area contributed by atoms with E-state index in [-0.39, 0.29) is 5.91 Å². The van der Waals surface area contributed by atoms with Crippen LogP contribution in [-0.4, -0.2) is 28.9 Å². The molecule has 0 fully saturated rings. The molecule has 1 aliphatic heterocycles. The molecule has 0 saturated carbocycles. The maximum Gasteiger partial charge on any atom is 0.254 e. The molecule has 1 aromatic heterocycles. The van der Waals surface area contributed by atoms with E-state index in [1.54, 1.807) is 0 Å². The monoisotopic (exact) mass is 428 g/mol. The maximum absolute atomic E-state index is 12.6. The van der Waals surface area contributed by atoms with E-state index in [9.17, 15) is 4.79 Å². The molecule has 0 bridgehead atoms. The van der Waals surface area contributed by atoms with Crippen molar-refractivity contribution in [2.45, 2.75) is 6.42 Å². The number of hydrogen-bond donors (Lipinski definition) is 1. The molecule has 0 aliphatic carbocycles. The van der Waals surface area contributed by atoms with E-state index in [1.165, 1.54) is 16.5 Å². The highest BCUT2D eigenvalue weighted by Gasteiger charge is 2.20. The van der Waals surface area contributed by atoms with Crippen LogP contribution in [0.5, 0.6) is 0 Å². The van der Waals surface area contributed by atoms with Crippen molar-refractivity contribution in [2.75, 3.05) is 13.1 Å². The Morgan fingerprint density at radius 3 is 2.79 bits per heavy atom. The minimum Gasteiger partial charge on any atom is -0.361 e. The van der Waals surface area contributed by atoms with Gasteiger partial charge in [0.25, 0.3) is 5.91 Å². The molecule has 0 spiro atoms. The zero-order valence-corrected chi connectivity index (χ0v) is 15.3. The van der Waals surface area contributed by atoms with Crippen LogP contribution in [0.15, 0.2) is 60.8 Å². The largest absolute Gasteiger partial charge is 0.361 e. The molecule has 3 nitrogen and oxygen atoms in total. The topological polar surface area (TPSA) is 36.1 Å². The fourth-order valence-electron chi connectivity index (χ4n) is 3.24. The average Bonchev–Trinajstić information content (AvgIpc) is 3.05. The SMILES string of the molecule is O=C(c1cccc(I)c1)N1CC=C(c2c[nH]c3ccccc23)CC1. The number of fused-ring (bicyclic) bond motifs is 1. The summed E-state index contributed by atoms with van der Waals surface area (Å²) in [6.45, 7) is 1.43. The summed E-state index contributed by atoms with van der Waals surface area (Å²) >= 11 is 2.24. The summed E-state index contributed by atoms with van der Waals surface area (Å²) in [6.07, 6.45) is 5.15. The van der Waals surface area contributed by atoms with E-state index in [1.807, 2.05) is 35.2 Å². The number of carbonyl (C=O) groups excluding carboxylic acids is 1. The zero-order valence-electron chi connectivity index (χ0n) is 13.1. The van der Waals surface area contributed by atoms with Gasteiger partial charge in [-0.1, -0.05) is 30.3 Å². The van der Waals surface area contributed by atoms with Gasteiger partial charge in [0.1, 0.15) is 0 Å². The van der Waals surface area contributed by atoms with Crippen molar-refractivity contribution in [2.24, 2.45) is 0 Å². The van der Waals surface area contributed by atoms with E-state index in [4.69, 9.17) is 0 Å². The Morgan fingerprint density at radius 2 is 2.00 bits per heavy atom. The van der Waals surface area contributed by atoms with Crippen LogP contribution in [0.3, 0.4) is 0 Å². The number of nitrogens with zero attached hydrogens (tertiary/aromatic N) is 1. The van der Waals surface area contributed by atoms with Gasteiger partial charge in [-0.2, -0.15) is 0 Å². The highest BCUT2D eigenvalue weighted by Crippen LogP contribution is 2.29. The molecule has 3 aromatic rings. The minimum absolute atomic E-state index is 0.114.